The first-order chi connectivity index (χ1) is 15.4. The molecule has 1 saturated heterocycles. The monoisotopic (exact) mass is 455 g/mol. The number of carbonyl (C=O) groups excluding carboxylic acids is 1. The number of rotatable bonds is 6. The number of aliphatic carboxylic acids is 2. The third kappa shape index (κ3) is 9.20. The number of hydrogen-bond acceptors (Lipinski definition) is 6. The average molecular weight is 456 g/mol. The van der Waals surface area contributed by atoms with Gasteiger partial charge in [0.1, 0.15) is 5.84 Å². The molecule has 1 amide bonds. The largest absolute Gasteiger partial charge is 0.478 e. The topological polar surface area (TPSA) is 119 Å². The summed E-state index contributed by atoms with van der Waals surface area (Å²) in [5.74, 6) is 1.13. The van der Waals surface area contributed by atoms with Crippen LogP contribution in [0.3, 0.4) is 0 Å². The van der Waals surface area contributed by atoms with E-state index in [-0.39, 0.29) is 5.24 Å². The molecule has 1 aromatic rings. The van der Waals surface area contributed by atoms with Crippen molar-refractivity contribution in [2.24, 2.45) is 10.9 Å². The molecule has 3 rings (SSSR count). The third-order valence-electron chi connectivity index (χ3n) is 4.63. The number of hydrogen-bond donors (Lipinski definition) is 3. The number of nitrogens with one attached hydrogen (secondary N) is 1. The molecule has 0 unspecified atom stereocenters. The molecule has 2 heterocycles. The van der Waals surface area contributed by atoms with Crippen molar-refractivity contribution in [1.82, 2.24) is 10.2 Å². The number of carboxylic acids is 2. The molecule has 1 aromatic carbocycles. The van der Waals surface area contributed by atoms with Crippen LogP contribution in [0.2, 0.25) is 0 Å². The van der Waals surface area contributed by atoms with Gasteiger partial charge in [0.15, 0.2) is 0 Å². The molecule has 0 saturated carbocycles. The first-order valence-corrected chi connectivity index (χ1v) is 10.8. The van der Waals surface area contributed by atoms with Crippen LogP contribution in [0.1, 0.15) is 18.4 Å². The summed E-state index contributed by atoms with van der Waals surface area (Å²) in [6, 6.07) is 10.6. The van der Waals surface area contributed by atoms with Gasteiger partial charge in [-0.2, -0.15) is 4.99 Å². The van der Waals surface area contributed by atoms with E-state index in [1.165, 1.54) is 17.3 Å². The molecule has 8 nitrogen and oxygen atoms in total. The third-order valence-corrected chi connectivity index (χ3v) is 5.44. The van der Waals surface area contributed by atoms with Gasteiger partial charge < -0.3 is 15.5 Å². The van der Waals surface area contributed by atoms with Crippen LogP contribution in [0.25, 0.3) is 0 Å². The number of thioether (sulfide) groups is 1. The molecule has 2 aliphatic heterocycles. The van der Waals surface area contributed by atoms with E-state index in [4.69, 9.17) is 16.6 Å². The van der Waals surface area contributed by atoms with Crippen LogP contribution in [0.4, 0.5) is 4.79 Å². The van der Waals surface area contributed by atoms with Crippen molar-refractivity contribution in [1.29, 1.82) is 0 Å². The summed E-state index contributed by atoms with van der Waals surface area (Å²) in [6.45, 7) is 3.55. The van der Waals surface area contributed by atoms with Crippen LogP contribution in [0.5, 0.6) is 0 Å². The van der Waals surface area contributed by atoms with Gasteiger partial charge in [-0.3, -0.25) is 9.69 Å². The van der Waals surface area contributed by atoms with Gasteiger partial charge >= 0.3 is 17.2 Å². The number of allylic oxidation sites excluding steroid dienone is 1. The maximum Gasteiger partial charge on any atom is 0.328 e. The molecule has 168 valence electrons. The lowest BCUT2D eigenvalue weighted by atomic mass is 9.96. The first kappa shape index (κ1) is 24.9. The van der Waals surface area contributed by atoms with Crippen molar-refractivity contribution < 1.29 is 24.6 Å². The van der Waals surface area contributed by atoms with Gasteiger partial charge in [0.2, 0.25) is 0 Å². The number of amidine groups is 1. The predicted octanol–water partition coefficient (Wildman–Crippen LogP) is 2.98. The second kappa shape index (κ2) is 13.1. The number of carbonyl (C=O) groups is 3. The molecule has 9 heteroatoms. The normalized spacial score (nSPS) is 18.0. The lowest BCUT2D eigenvalue weighted by molar-refractivity contribution is -0.134. The summed E-state index contributed by atoms with van der Waals surface area (Å²) in [5, 5.41) is 18.5. The Hall–Kier alpha value is -3.35. The number of terminal acetylenes is 1. The molecule has 0 radical (unpaired) electrons. The fourth-order valence-corrected chi connectivity index (χ4v) is 3.96. The highest BCUT2D eigenvalue weighted by atomic mass is 32.2. The van der Waals surface area contributed by atoms with E-state index in [1.54, 1.807) is 0 Å². The number of nitrogens with zero attached hydrogens (tertiary/aromatic N) is 2. The Kier molecular flexibility index (Phi) is 10.2. The van der Waals surface area contributed by atoms with Crippen LogP contribution < -0.4 is 5.32 Å². The Labute approximate surface area is 191 Å². The SMILES string of the molecule is C#CCNC1=NC(=O)SC1=CC1CCN(Cc2ccccc2)CC1.O=C(O)C=CC(=O)O. The standard InChI is InChI=1S/C19H21N3OS.C4H4O4/c1-2-10-20-18-17(24-19(23)21-18)13-15-8-11-22(12-9-15)14-16-6-4-3-5-7-16;5-3(6)1-2-4(7)8/h1,3-7,13,15H,8-12,14H2,(H,20,21,23);1-2H,(H,5,6)(H,7,8). The molecule has 0 bridgehead atoms. The van der Waals surface area contributed by atoms with E-state index in [2.05, 4.69) is 57.5 Å². The number of benzene rings is 1. The minimum absolute atomic E-state index is 0.165. The van der Waals surface area contributed by atoms with E-state index >= 15 is 0 Å². The Morgan fingerprint density at radius 1 is 1.19 bits per heavy atom. The predicted molar refractivity (Wildman–Crippen MR) is 124 cm³/mol. The maximum atomic E-state index is 11.6. The molecule has 3 N–H and O–H groups in total. The zero-order valence-corrected chi connectivity index (χ0v) is 18.3. The van der Waals surface area contributed by atoms with E-state index in [1.807, 2.05) is 0 Å². The maximum absolute atomic E-state index is 11.6. The number of aliphatic imine (C=N–C) groups is 1. The zero-order chi connectivity index (χ0) is 23.3. The summed E-state index contributed by atoms with van der Waals surface area (Å²) in [5.41, 5.74) is 1.36. The summed E-state index contributed by atoms with van der Waals surface area (Å²) in [7, 11) is 0. The van der Waals surface area contributed by atoms with Gasteiger partial charge in [-0.25, -0.2) is 9.59 Å². The van der Waals surface area contributed by atoms with Gasteiger partial charge in [0.05, 0.1) is 11.4 Å². The van der Waals surface area contributed by atoms with Crippen molar-refractivity contribution in [3.8, 4) is 12.3 Å². The van der Waals surface area contributed by atoms with Crippen LogP contribution in [-0.4, -0.2) is 57.8 Å². The molecule has 1 fully saturated rings. The van der Waals surface area contributed by atoms with Gasteiger partial charge in [-0.1, -0.05) is 42.3 Å². The van der Waals surface area contributed by atoms with Crippen molar-refractivity contribution >= 4 is 34.8 Å². The van der Waals surface area contributed by atoms with Crippen molar-refractivity contribution in [3.05, 3.63) is 59.0 Å². The molecule has 2 aliphatic rings. The van der Waals surface area contributed by atoms with E-state index in [0.29, 0.717) is 30.5 Å². The van der Waals surface area contributed by atoms with E-state index in [9.17, 15) is 14.4 Å². The van der Waals surface area contributed by atoms with Crippen molar-refractivity contribution in [2.45, 2.75) is 19.4 Å². The fraction of sp³-hybridized carbons (Fsp3) is 0.304. The second-order valence-corrected chi connectivity index (χ2v) is 8.02. The number of likely N-dealkylation sites (tertiary alicyclic amines) is 1. The molecule has 0 aliphatic carbocycles. The smallest absolute Gasteiger partial charge is 0.328 e. The second-order valence-electron chi connectivity index (χ2n) is 7.03. The highest BCUT2D eigenvalue weighted by Gasteiger charge is 2.24. The summed E-state index contributed by atoms with van der Waals surface area (Å²) in [4.78, 5) is 38.1. The number of piperidine rings is 1. The lowest BCUT2D eigenvalue weighted by Crippen LogP contribution is -2.33. The van der Waals surface area contributed by atoms with E-state index in [0.717, 1.165) is 37.4 Å². The first-order valence-electron chi connectivity index (χ1n) is 9.97. The highest BCUT2D eigenvalue weighted by Crippen LogP contribution is 2.30. The fourth-order valence-electron chi connectivity index (χ4n) is 3.16. The van der Waals surface area contributed by atoms with Crippen LogP contribution in [-0.2, 0) is 16.1 Å². The van der Waals surface area contributed by atoms with Crippen LogP contribution in [0.15, 0.2) is 58.5 Å². The van der Waals surface area contributed by atoms with Crippen LogP contribution in [0, 0.1) is 18.3 Å². The highest BCUT2D eigenvalue weighted by molar-refractivity contribution is 8.18. The Balaban J connectivity index is 0.000000390. The zero-order valence-electron chi connectivity index (χ0n) is 17.4. The van der Waals surface area contributed by atoms with Gasteiger partial charge in [-0.15, -0.1) is 6.42 Å². The molecule has 32 heavy (non-hydrogen) atoms. The Morgan fingerprint density at radius 2 is 1.81 bits per heavy atom. The summed E-state index contributed by atoms with van der Waals surface area (Å²) in [6.07, 6.45) is 10.8. The van der Waals surface area contributed by atoms with Crippen molar-refractivity contribution in [2.75, 3.05) is 19.6 Å². The minimum atomic E-state index is -1.26. The summed E-state index contributed by atoms with van der Waals surface area (Å²) >= 11 is 1.19. The number of carboxylic acid groups (broad SMARTS) is 2. The Morgan fingerprint density at radius 3 is 2.38 bits per heavy atom. The molecule has 0 atom stereocenters. The molecular formula is C23H25N3O5S. The van der Waals surface area contributed by atoms with Gasteiger partial charge in [-0.05, 0) is 49.2 Å². The summed E-state index contributed by atoms with van der Waals surface area (Å²) < 4.78 is 0. The average Bonchev–Trinajstić information content (AvgIpc) is 3.12. The molecular weight excluding hydrogens is 430 g/mol. The van der Waals surface area contributed by atoms with Crippen LogP contribution >= 0.6 is 11.8 Å². The van der Waals surface area contributed by atoms with E-state index < -0.39 is 11.9 Å². The molecule has 0 spiro atoms. The molecule has 0 aromatic heterocycles. The van der Waals surface area contributed by atoms with Gasteiger partial charge in [0.25, 0.3) is 0 Å². The quantitative estimate of drug-likeness (QED) is 0.442. The lowest BCUT2D eigenvalue weighted by Gasteiger charge is -2.30. The minimum Gasteiger partial charge on any atom is -0.478 e. The van der Waals surface area contributed by atoms with Crippen molar-refractivity contribution in [3.63, 3.8) is 0 Å². The number of amides is 1. The van der Waals surface area contributed by atoms with Gasteiger partial charge in [0, 0.05) is 18.7 Å². The Bertz CT molecular complexity index is 926.